The predicted octanol–water partition coefficient (Wildman–Crippen LogP) is 2.07. The van der Waals surface area contributed by atoms with Gasteiger partial charge in [0.1, 0.15) is 0 Å². The molecule has 0 aliphatic heterocycles. The van der Waals surface area contributed by atoms with E-state index in [1.165, 1.54) is 0 Å². The van der Waals surface area contributed by atoms with Crippen LogP contribution in [0.15, 0.2) is 16.9 Å². The smallest absolute Gasteiger partial charge is 0.348 e. The maximum absolute atomic E-state index is 12.3. The number of aromatic nitrogens is 2. The molecule has 1 aromatic carbocycles. The highest BCUT2D eigenvalue weighted by Gasteiger charge is 2.13. The third-order valence-corrected chi connectivity index (χ3v) is 3.74. The Bertz CT molecular complexity index is 798. The molecule has 2 rings (SSSR count). The number of benzene rings is 1. The number of nitrogens with zero attached hydrogens (tertiary/aromatic N) is 2. The van der Waals surface area contributed by atoms with Crippen molar-refractivity contribution in [1.29, 1.82) is 0 Å². The molecule has 0 saturated carbocycles. The van der Waals surface area contributed by atoms with Gasteiger partial charge in [-0.3, -0.25) is 9.36 Å². The van der Waals surface area contributed by atoms with E-state index in [0.29, 0.717) is 42.3 Å². The van der Waals surface area contributed by atoms with Crippen molar-refractivity contribution in [2.24, 2.45) is 0 Å². The standard InChI is InChI=1S/C17H22N2O5/c1-5-24-16(20)7-6-8-19-13-10-15(23-4)14(22-3)9-12(13)11(2)18-17(19)21/h9-10H,5-8H2,1-4H3. The summed E-state index contributed by atoms with van der Waals surface area (Å²) >= 11 is 0. The maximum atomic E-state index is 12.3. The Morgan fingerprint density at radius 1 is 1.21 bits per heavy atom. The molecule has 0 saturated heterocycles. The fourth-order valence-corrected chi connectivity index (χ4v) is 2.58. The molecule has 0 radical (unpaired) electrons. The van der Waals surface area contributed by atoms with Gasteiger partial charge < -0.3 is 14.2 Å². The molecule has 130 valence electrons. The number of ether oxygens (including phenoxy) is 3. The summed E-state index contributed by atoms with van der Waals surface area (Å²) in [5.41, 5.74) is 0.975. The minimum Gasteiger partial charge on any atom is -0.493 e. The Labute approximate surface area is 140 Å². The molecule has 1 aromatic heterocycles. The van der Waals surface area contributed by atoms with Crippen LogP contribution < -0.4 is 15.2 Å². The van der Waals surface area contributed by atoms with Gasteiger partial charge in [-0.05, 0) is 26.3 Å². The first-order valence-corrected chi connectivity index (χ1v) is 7.80. The molecule has 0 amide bonds. The number of esters is 1. The van der Waals surface area contributed by atoms with Gasteiger partial charge in [0.25, 0.3) is 0 Å². The molecule has 0 bridgehead atoms. The van der Waals surface area contributed by atoms with Gasteiger partial charge >= 0.3 is 11.7 Å². The van der Waals surface area contributed by atoms with Crippen LogP contribution in [-0.4, -0.2) is 36.3 Å². The molecule has 7 heteroatoms. The Morgan fingerprint density at radius 3 is 2.50 bits per heavy atom. The van der Waals surface area contributed by atoms with Gasteiger partial charge in [0.2, 0.25) is 0 Å². The second-order valence-corrected chi connectivity index (χ2v) is 5.26. The Balaban J connectivity index is 2.41. The van der Waals surface area contributed by atoms with Crippen molar-refractivity contribution in [1.82, 2.24) is 9.55 Å². The number of fused-ring (bicyclic) bond motifs is 1. The summed E-state index contributed by atoms with van der Waals surface area (Å²) in [5, 5.41) is 0.809. The zero-order chi connectivity index (χ0) is 17.7. The van der Waals surface area contributed by atoms with Crippen LogP contribution in [0.1, 0.15) is 25.5 Å². The number of methoxy groups -OCH3 is 2. The first-order valence-electron chi connectivity index (χ1n) is 7.80. The zero-order valence-corrected chi connectivity index (χ0v) is 14.4. The normalized spacial score (nSPS) is 10.7. The Kier molecular flexibility index (Phi) is 5.78. The van der Waals surface area contributed by atoms with Crippen LogP contribution in [0.3, 0.4) is 0 Å². The summed E-state index contributed by atoms with van der Waals surface area (Å²) in [5.74, 6) is 0.843. The summed E-state index contributed by atoms with van der Waals surface area (Å²) in [6, 6.07) is 3.56. The van der Waals surface area contributed by atoms with Crippen LogP contribution in [0.2, 0.25) is 0 Å². The van der Waals surface area contributed by atoms with Gasteiger partial charge in [-0.25, -0.2) is 4.79 Å². The SMILES string of the molecule is CCOC(=O)CCCn1c(=O)nc(C)c2cc(OC)c(OC)cc21. The second kappa shape index (κ2) is 7.81. The van der Waals surface area contributed by atoms with Gasteiger partial charge in [0.15, 0.2) is 11.5 Å². The molecule has 7 nitrogen and oxygen atoms in total. The highest BCUT2D eigenvalue weighted by molar-refractivity contribution is 5.85. The van der Waals surface area contributed by atoms with Crippen molar-refractivity contribution < 1.29 is 19.0 Å². The molecule has 0 aliphatic carbocycles. The van der Waals surface area contributed by atoms with E-state index < -0.39 is 0 Å². The average molecular weight is 334 g/mol. The lowest BCUT2D eigenvalue weighted by molar-refractivity contribution is -0.143. The molecule has 2 aromatic rings. The van der Waals surface area contributed by atoms with Crippen LogP contribution in [0.5, 0.6) is 11.5 Å². The number of carbonyl (C=O) groups is 1. The number of carbonyl (C=O) groups excluding carboxylic acids is 1. The first kappa shape index (κ1) is 17.8. The minimum atomic E-state index is -0.351. The topological polar surface area (TPSA) is 79.7 Å². The molecule has 0 spiro atoms. The van der Waals surface area contributed by atoms with Crippen molar-refractivity contribution in [2.75, 3.05) is 20.8 Å². The van der Waals surface area contributed by atoms with Crippen molar-refractivity contribution in [2.45, 2.75) is 33.2 Å². The lowest BCUT2D eigenvalue weighted by Gasteiger charge is -2.14. The van der Waals surface area contributed by atoms with E-state index in [-0.39, 0.29) is 18.1 Å². The third kappa shape index (κ3) is 3.67. The lowest BCUT2D eigenvalue weighted by atomic mass is 10.1. The van der Waals surface area contributed by atoms with Crippen LogP contribution >= 0.6 is 0 Å². The summed E-state index contributed by atoms with van der Waals surface area (Å²) in [6.45, 7) is 4.26. The summed E-state index contributed by atoms with van der Waals surface area (Å²) in [4.78, 5) is 27.8. The average Bonchev–Trinajstić information content (AvgIpc) is 2.56. The van der Waals surface area contributed by atoms with Crippen LogP contribution in [-0.2, 0) is 16.1 Å². The van der Waals surface area contributed by atoms with E-state index in [2.05, 4.69) is 4.98 Å². The number of rotatable bonds is 7. The molecule has 0 fully saturated rings. The lowest BCUT2D eigenvalue weighted by Crippen LogP contribution is -2.25. The quantitative estimate of drug-likeness (QED) is 0.721. The number of hydrogen-bond donors (Lipinski definition) is 0. The van der Waals surface area contributed by atoms with Gasteiger partial charge in [-0.1, -0.05) is 0 Å². The molecule has 0 aliphatic rings. The first-order chi connectivity index (χ1) is 11.5. The zero-order valence-electron chi connectivity index (χ0n) is 14.4. The Morgan fingerprint density at radius 2 is 1.88 bits per heavy atom. The highest BCUT2D eigenvalue weighted by Crippen LogP contribution is 2.32. The third-order valence-electron chi connectivity index (χ3n) is 3.74. The van der Waals surface area contributed by atoms with Crippen LogP contribution in [0.25, 0.3) is 10.9 Å². The highest BCUT2D eigenvalue weighted by atomic mass is 16.5. The molecule has 0 unspecified atom stereocenters. The largest absolute Gasteiger partial charge is 0.493 e. The molecule has 24 heavy (non-hydrogen) atoms. The van der Waals surface area contributed by atoms with Crippen molar-refractivity contribution in [3.05, 3.63) is 28.3 Å². The fourth-order valence-electron chi connectivity index (χ4n) is 2.58. The van der Waals surface area contributed by atoms with E-state index in [1.807, 2.05) is 0 Å². The molecular formula is C17H22N2O5. The fraction of sp³-hybridized carbons (Fsp3) is 0.471. The van der Waals surface area contributed by atoms with E-state index in [0.717, 1.165) is 5.39 Å². The van der Waals surface area contributed by atoms with E-state index in [1.54, 1.807) is 44.8 Å². The van der Waals surface area contributed by atoms with Crippen LogP contribution in [0.4, 0.5) is 0 Å². The summed E-state index contributed by atoms with van der Waals surface area (Å²) < 4.78 is 17.1. The molecular weight excluding hydrogens is 312 g/mol. The van der Waals surface area contributed by atoms with Gasteiger partial charge in [0.05, 0.1) is 32.0 Å². The van der Waals surface area contributed by atoms with Gasteiger partial charge in [0, 0.05) is 24.4 Å². The van der Waals surface area contributed by atoms with E-state index in [4.69, 9.17) is 14.2 Å². The van der Waals surface area contributed by atoms with Crippen LogP contribution in [0, 0.1) is 6.92 Å². The van der Waals surface area contributed by atoms with Crippen molar-refractivity contribution in [3.63, 3.8) is 0 Å². The van der Waals surface area contributed by atoms with Gasteiger partial charge in [-0.2, -0.15) is 4.98 Å². The van der Waals surface area contributed by atoms with Crippen molar-refractivity contribution >= 4 is 16.9 Å². The molecule has 1 heterocycles. The number of hydrogen-bond acceptors (Lipinski definition) is 6. The number of aryl methyl sites for hydroxylation is 2. The minimum absolute atomic E-state index is 0.253. The maximum Gasteiger partial charge on any atom is 0.348 e. The van der Waals surface area contributed by atoms with E-state index >= 15 is 0 Å². The predicted molar refractivity (Wildman–Crippen MR) is 89.7 cm³/mol. The summed E-state index contributed by atoms with van der Waals surface area (Å²) in [6.07, 6.45) is 0.746. The van der Waals surface area contributed by atoms with Gasteiger partial charge in [-0.15, -0.1) is 0 Å². The van der Waals surface area contributed by atoms with Crippen molar-refractivity contribution in [3.8, 4) is 11.5 Å². The molecule has 0 N–H and O–H groups in total. The van der Waals surface area contributed by atoms with E-state index in [9.17, 15) is 9.59 Å². The summed E-state index contributed by atoms with van der Waals surface area (Å²) in [7, 11) is 3.10. The Hall–Kier alpha value is -2.57. The monoisotopic (exact) mass is 334 g/mol. The molecule has 0 atom stereocenters. The second-order valence-electron chi connectivity index (χ2n) is 5.26.